The molecule has 1 saturated heterocycles. The number of allylic oxidation sites excluding steroid dienone is 3. The Morgan fingerprint density at radius 2 is 1.97 bits per heavy atom. The Hall–Kier alpha value is -1.04. The largest absolute Gasteiger partial charge is 0.392 e. The average molecular weight is 478 g/mol. The second-order valence-corrected chi connectivity index (χ2v) is 12.3. The molecule has 0 aromatic carbocycles. The predicted molar refractivity (Wildman–Crippen MR) is 134 cm³/mol. The Morgan fingerprint density at radius 3 is 2.65 bits per heavy atom. The van der Waals surface area contributed by atoms with Crippen LogP contribution in [0.5, 0.6) is 0 Å². The molecule has 0 aromatic heterocycles. The van der Waals surface area contributed by atoms with E-state index in [9.17, 15) is 19.0 Å². The lowest BCUT2D eigenvalue weighted by Crippen LogP contribution is -2.40. The van der Waals surface area contributed by atoms with Gasteiger partial charge in [0.2, 0.25) is 5.92 Å². The molecule has 4 rings (SSSR count). The minimum absolute atomic E-state index is 0.179. The molecule has 3 saturated carbocycles. The number of hydrogen-bond acceptors (Lipinski definition) is 3. The summed E-state index contributed by atoms with van der Waals surface area (Å²) in [5.41, 5.74) is 3.47. The van der Waals surface area contributed by atoms with E-state index >= 15 is 0 Å². The number of nitrogens with zero attached hydrogens (tertiary/aromatic N) is 1. The molecule has 3 aliphatic carbocycles. The SMILES string of the molecule is C=C1/C(=C\C=C2/CCC[C@]3(C)[C@@H]([C@H](C)CN4CC[C@@H](C(C)(F)F)C4)CC[C@@H]23)C[C@@H](O)[C@H](C)[C@@H]1O. The molecule has 0 amide bonds. The summed E-state index contributed by atoms with van der Waals surface area (Å²) in [6, 6.07) is 0. The first-order chi connectivity index (χ1) is 15.9. The summed E-state index contributed by atoms with van der Waals surface area (Å²) >= 11 is 0. The molecule has 0 spiro atoms. The van der Waals surface area contributed by atoms with Gasteiger partial charge in [0.1, 0.15) is 0 Å². The van der Waals surface area contributed by atoms with Crippen LogP contribution in [0, 0.1) is 35.0 Å². The fraction of sp³-hybridized carbons (Fsp3) is 0.793. The molecule has 1 heterocycles. The maximum absolute atomic E-state index is 13.8. The molecule has 5 heteroatoms. The lowest BCUT2D eigenvalue weighted by atomic mass is 9.61. The van der Waals surface area contributed by atoms with E-state index in [-0.39, 0.29) is 11.3 Å². The normalized spacial score (nSPS) is 43.0. The van der Waals surface area contributed by atoms with Gasteiger partial charge in [-0.25, -0.2) is 8.78 Å². The van der Waals surface area contributed by atoms with Crippen molar-refractivity contribution < 1.29 is 19.0 Å². The van der Waals surface area contributed by atoms with Crippen molar-refractivity contribution in [1.29, 1.82) is 0 Å². The number of fused-ring (bicyclic) bond motifs is 1. The molecule has 192 valence electrons. The Kier molecular flexibility index (Phi) is 7.49. The zero-order valence-electron chi connectivity index (χ0n) is 21.6. The monoisotopic (exact) mass is 477 g/mol. The van der Waals surface area contributed by atoms with Crippen molar-refractivity contribution in [3.63, 3.8) is 0 Å². The van der Waals surface area contributed by atoms with Crippen LogP contribution < -0.4 is 0 Å². The van der Waals surface area contributed by atoms with E-state index in [1.54, 1.807) is 0 Å². The van der Waals surface area contributed by atoms with Crippen LogP contribution in [-0.4, -0.2) is 52.9 Å². The van der Waals surface area contributed by atoms with Gasteiger partial charge in [0, 0.05) is 24.9 Å². The highest BCUT2D eigenvalue weighted by Gasteiger charge is 2.51. The molecule has 0 aromatic rings. The first-order valence-corrected chi connectivity index (χ1v) is 13.5. The molecule has 1 aliphatic heterocycles. The number of alkyl halides is 2. The molecule has 8 atom stereocenters. The predicted octanol–water partition coefficient (Wildman–Crippen LogP) is 5.99. The fourth-order valence-corrected chi connectivity index (χ4v) is 7.80. The lowest BCUT2D eigenvalue weighted by molar-refractivity contribution is -0.0360. The number of likely N-dealkylation sites (tertiary alicyclic amines) is 1. The molecule has 0 radical (unpaired) electrons. The zero-order valence-corrected chi connectivity index (χ0v) is 21.6. The fourth-order valence-electron chi connectivity index (χ4n) is 7.80. The van der Waals surface area contributed by atoms with Crippen LogP contribution in [0.3, 0.4) is 0 Å². The maximum atomic E-state index is 13.8. The van der Waals surface area contributed by atoms with Gasteiger partial charge < -0.3 is 15.1 Å². The van der Waals surface area contributed by atoms with Crippen LogP contribution in [-0.2, 0) is 0 Å². The topological polar surface area (TPSA) is 43.7 Å². The zero-order chi connectivity index (χ0) is 24.8. The smallest absolute Gasteiger partial charge is 0.249 e. The van der Waals surface area contributed by atoms with Crippen LogP contribution in [0.15, 0.2) is 35.5 Å². The van der Waals surface area contributed by atoms with Crippen molar-refractivity contribution in [3.8, 4) is 0 Å². The van der Waals surface area contributed by atoms with Crippen LogP contribution in [0.4, 0.5) is 8.78 Å². The van der Waals surface area contributed by atoms with Crippen LogP contribution in [0.1, 0.15) is 72.6 Å². The minimum Gasteiger partial charge on any atom is -0.392 e. The van der Waals surface area contributed by atoms with E-state index in [0.29, 0.717) is 37.1 Å². The van der Waals surface area contributed by atoms with Crippen molar-refractivity contribution in [2.24, 2.45) is 35.0 Å². The second kappa shape index (κ2) is 9.78. The third-order valence-electron chi connectivity index (χ3n) is 10.1. The van der Waals surface area contributed by atoms with Gasteiger partial charge in [-0.3, -0.25) is 0 Å². The van der Waals surface area contributed by atoms with E-state index < -0.39 is 24.0 Å². The van der Waals surface area contributed by atoms with Crippen LogP contribution in [0.2, 0.25) is 0 Å². The van der Waals surface area contributed by atoms with Crippen LogP contribution >= 0.6 is 0 Å². The quantitative estimate of drug-likeness (QED) is 0.511. The van der Waals surface area contributed by atoms with E-state index in [1.165, 1.54) is 31.3 Å². The van der Waals surface area contributed by atoms with Gasteiger partial charge in [-0.1, -0.05) is 45.1 Å². The summed E-state index contributed by atoms with van der Waals surface area (Å²) < 4.78 is 27.6. The van der Waals surface area contributed by atoms with Gasteiger partial charge in [-0.2, -0.15) is 0 Å². The van der Waals surface area contributed by atoms with Crippen molar-refractivity contribution in [2.45, 2.75) is 90.8 Å². The van der Waals surface area contributed by atoms with E-state index in [4.69, 9.17) is 0 Å². The highest BCUT2D eigenvalue weighted by molar-refractivity contribution is 5.39. The lowest BCUT2D eigenvalue weighted by Gasteiger charge is -2.45. The summed E-state index contributed by atoms with van der Waals surface area (Å²) in [5.74, 6) is -1.58. The first-order valence-electron chi connectivity index (χ1n) is 13.5. The highest BCUT2D eigenvalue weighted by Crippen LogP contribution is 2.59. The van der Waals surface area contributed by atoms with Crippen molar-refractivity contribution in [3.05, 3.63) is 35.5 Å². The standard InChI is InChI=1S/C29H45F2NO2/c1-18(16-32-14-12-23(17-32)29(5,30)31)24-10-11-25-21(7-6-13-28(24,25)4)8-9-22-15-26(33)20(3)27(34)19(22)2/h8-9,18,20,23-27,33-34H,2,6-7,10-17H2,1,3-5H3/b21-8+,22-9-/t18-,20+,23-,24-,25+,26-,27-,28-/m1/s1. The molecule has 3 nitrogen and oxygen atoms in total. The first kappa shape index (κ1) is 26.0. The number of rotatable bonds is 5. The molecule has 4 aliphatic rings. The summed E-state index contributed by atoms with van der Waals surface area (Å²) in [6.45, 7) is 14.1. The summed E-state index contributed by atoms with van der Waals surface area (Å²) in [7, 11) is 0. The molecule has 34 heavy (non-hydrogen) atoms. The highest BCUT2D eigenvalue weighted by atomic mass is 19.3. The molecule has 0 unspecified atom stereocenters. The average Bonchev–Trinajstić information content (AvgIpc) is 3.38. The Bertz CT molecular complexity index is 830. The number of aliphatic hydroxyl groups excluding tert-OH is 2. The van der Waals surface area contributed by atoms with Gasteiger partial charge in [-0.05, 0) is 92.7 Å². The summed E-state index contributed by atoms with van der Waals surface area (Å²) in [6.07, 6.45) is 10.2. The second-order valence-electron chi connectivity index (χ2n) is 12.3. The van der Waals surface area contributed by atoms with Crippen LogP contribution in [0.25, 0.3) is 0 Å². The van der Waals surface area contributed by atoms with Gasteiger partial charge in [0.25, 0.3) is 0 Å². The van der Waals surface area contributed by atoms with Crippen molar-refractivity contribution >= 4 is 0 Å². The number of hydrogen-bond donors (Lipinski definition) is 2. The van der Waals surface area contributed by atoms with Gasteiger partial charge in [0.15, 0.2) is 0 Å². The Labute approximate surface area is 205 Å². The molecule has 4 fully saturated rings. The Balaban J connectivity index is 1.44. The molecule has 0 bridgehead atoms. The van der Waals surface area contributed by atoms with Gasteiger partial charge >= 0.3 is 0 Å². The minimum atomic E-state index is -2.58. The van der Waals surface area contributed by atoms with E-state index in [1.807, 2.05) is 6.92 Å². The summed E-state index contributed by atoms with van der Waals surface area (Å²) in [4.78, 5) is 2.28. The maximum Gasteiger partial charge on any atom is 0.249 e. The van der Waals surface area contributed by atoms with Gasteiger partial charge in [0.05, 0.1) is 12.2 Å². The third-order valence-corrected chi connectivity index (χ3v) is 10.1. The molecule has 2 N–H and O–H groups in total. The number of halogens is 2. The van der Waals surface area contributed by atoms with Crippen molar-refractivity contribution in [2.75, 3.05) is 19.6 Å². The summed E-state index contributed by atoms with van der Waals surface area (Å²) in [5, 5.41) is 20.8. The van der Waals surface area contributed by atoms with Crippen molar-refractivity contribution in [1.82, 2.24) is 4.90 Å². The van der Waals surface area contributed by atoms with Gasteiger partial charge in [-0.15, -0.1) is 0 Å². The number of aliphatic hydroxyl groups is 2. The Morgan fingerprint density at radius 1 is 1.24 bits per heavy atom. The molecular weight excluding hydrogens is 432 g/mol. The third kappa shape index (κ3) is 4.95. The molecular formula is C29H45F2NO2. The van der Waals surface area contributed by atoms with E-state index in [2.05, 4.69) is 37.5 Å². The van der Waals surface area contributed by atoms with E-state index in [0.717, 1.165) is 37.6 Å².